The molecule has 0 bridgehead atoms. The fourth-order valence-electron chi connectivity index (χ4n) is 3.26. The van der Waals surface area contributed by atoms with Gasteiger partial charge in [0.05, 0.1) is 9.79 Å². The van der Waals surface area contributed by atoms with Crippen molar-refractivity contribution in [3.63, 3.8) is 0 Å². The fraction of sp³-hybridized carbons (Fsp3) is 0.0385. The monoisotopic (exact) mass is 521 g/mol. The average Bonchev–Trinajstić information content (AvgIpc) is 2.86. The summed E-state index contributed by atoms with van der Waals surface area (Å²) in [6, 6.07) is 26.7. The van der Waals surface area contributed by atoms with Gasteiger partial charge in [-0.3, -0.25) is 14.2 Å². The number of nitrogens with one attached hydrogen (secondary N) is 3. The molecule has 0 radical (unpaired) electrons. The second kappa shape index (κ2) is 10.2. The molecule has 0 aliphatic heterocycles. The molecule has 4 rings (SSSR count). The zero-order valence-corrected chi connectivity index (χ0v) is 20.8. The molecule has 4 aromatic rings. The summed E-state index contributed by atoms with van der Waals surface area (Å²) in [5, 5.41) is 2.69. The van der Waals surface area contributed by atoms with Crippen LogP contribution in [0.25, 0.3) is 0 Å². The number of aryl methyl sites for hydroxylation is 1. The van der Waals surface area contributed by atoms with Crippen molar-refractivity contribution in [3.05, 3.63) is 114 Å². The van der Waals surface area contributed by atoms with Gasteiger partial charge < -0.3 is 5.32 Å². The Morgan fingerprint density at radius 1 is 0.556 bits per heavy atom. The van der Waals surface area contributed by atoms with E-state index in [1.54, 1.807) is 42.5 Å². The highest BCUT2D eigenvalue weighted by atomic mass is 32.2. The maximum absolute atomic E-state index is 12.6. The molecule has 36 heavy (non-hydrogen) atoms. The van der Waals surface area contributed by atoms with Crippen molar-refractivity contribution in [2.75, 3.05) is 14.8 Å². The maximum atomic E-state index is 12.6. The third-order valence-corrected chi connectivity index (χ3v) is 7.97. The first-order chi connectivity index (χ1) is 17.1. The molecule has 0 atom stereocenters. The maximum Gasteiger partial charge on any atom is 0.261 e. The molecule has 0 saturated carbocycles. The van der Waals surface area contributed by atoms with Crippen LogP contribution in [-0.4, -0.2) is 22.7 Å². The molecule has 4 aromatic carbocycles. The highest BCUT2D eigenvalue weighted by Gasteiger charge is 2.16. The summed E-state index contributed by atoms with van der Waals surface area (Å²) in [7, 11) is -7.52. The smallest absolute Gasteiger partial charge is 0.261 e. The van der Waals surface area contributed by atoms with Gasteiger partial charge in [0.1, 0.15) is 0 Å². The number of hydrogen-bond acceptors (Lipinski definition) is 5. The molecule has 0 heterocycles. The topological polar surface area (TPSA) is 121 Å². The lowest BCUT2D eigenvalue weighted by Crippen LogP contribution is -2.15. The number of carbonyl (C=O) groups excluding carboxylic acids is 1. The van der Waals surface area contributed by atoms with Gasteiger partial charge in [-0.25, -0.2) is 16.8 Å². The molecule has 184 valence electrons. The number of amides is 1. The van der Waals surface area contributed by atoms with Gasteiger partial charge >= 0.3 is 0 Å². The number of carbonyl (C=O) groups is 1. The Morgan fingerprint density at radius 2 is 1.00 bits per heavy atom. The second-order valence-electron chi connectivity index (χ2n) is 7.95. The van der Waals surface area contributed by atoms with Crippen LogP contribution in [0.2, 0.25) is 0 Å². The van der Waals surface area contributed by atoms with E-state index in [9.17, 15) is 21.6 Å². The van der Waals surface area contributed by atoms with Crippen molar-refractivity contribution in [1.29, 1.82) is 0 Å². The normalized spacial score (nSPS) is 11.5. The predicted octanol–water partition coefficient (Wildman–Crippen LogP) is 4.85. The molecule has 8 nitrogen and oxygen atoms in total. The van der Waals surface area contributed by atoms with Gasteiger partial charge in [-0.2, -0.15) is 0 Å². The molecule has 0 spiro atoms. The molecule has 1 amide bonds. The molecule has 0 saturated heterocycles. The fourth-order valence-corrected chi connectivity index (χ4v) is 5.40. The summed E-state index contributed by atoms with van der Waals surface area (Å²) in [5.41, 5.74) is 2.48. The summed E-state index contributed by atoms with van der Waals surface area (Å²) in [6.45, 7) is 1.91. The first-order valence-electron chi connectivity index (χ1n) is 10.8. The van der Waals surface area contributed by atoms with E-state index in [4.69, 9.17) is 0 Å². The van der Waals surface area contributed by atoms with E-state index in [-0.39, 0.29) is 9.79 Å². The molecule has 3 N–H and O–H groups in total. The van der Waals surface area contributed by atoms with E-state index in [0.717, 1.165) is 5.56 Å². The van der Waals surface area contributed by atoms with Gasteiger partial charge in [-0.15, -0.1) is 0 Å². The largest absolute Gasteiger partial charge is 0.322 e. The lowest BCUT2D eigenvalue weighted by atomic mass is 10.2. The number of rotatable bonds is 8. The van der Waals surface area contributed by atoms with Crippen LogP contribution in [-0.2, 0) is 20.0 Å². The van der Waals surface area contributed by atoms with Crippen molar-refractivity contribution in [3.8, 4) is 0 Å². The molecule has 0 aromatic heterocycles. The van der Waals surface area contributed by atoms with Crippen molar-refractivity contribution in [1.82, 2.24) is 0 Å². The molecule has 0 aliphatic carbocycles. The molecule has 10 heteroatoms. The Bertz CT molecular complexity index is 1570. The number of sulfonamides is 2. The Kier molecular flexibility index (Phi) is 7.09. The molecular weight excluding hydrogens is 498 g/mol. The van der Waals surface area contributed by atoms with Crippen LogP contribution in [0.1, 0.15) is 15.9 Å². The van der Waals surface area contributed by atoms with E-state index in [2.05, 4.69) is 14.8 Å². The van der Waals surface area contributed by atoms with Gasteiger partial charge in [0, 0.05) is 22.6 Å². The lowest BCUT2D eigenvalue weighted by Gasteiger charge is -2.11. The quantitative estimate of drug-likeness (QED) is 0.306. The van der Waals surface area contributed by atoms with Gasteiger partial charge in [0.15, 0.2) is 0 Å². The van der Waals surface area contributed by atoms with Crippen LogP contribution in [0.15, 0.2) is 113 Å². The van der Waals surface area contributed by atoms with Gasteiger partial charge in [0.2, 0.25) is 0 Å². The first-order valence-corrected chi connectivity index (χ1v) is 13.8. The summed E-state index contributed by atoms with van der Waals surface area (Å²) in [5.74, 6) is -0.430. The minimum Gasteiger partial charge on any atom is -0.322 e. The van der Waals surface area contributed by atoms with Gasteiger partial charge in [-0.05, 0) is 79.7 Å². The Hall–Kier alpha value is -4.15. The van der Waals surface area contributed by atoms with E-state index < -0.39 is 26.0 Å². The summed E-state index contributed by atoms with van der Waals surface area (Å²) < 4.78 is 55.1. The summed E-state index contributed by atoms with van der Waals surface area (Å²) >= 11 is 0. The van der Waals surface area contributed by atoms with Crippen LogP contribution in [0.3, 0.4) is 0 Å². The van der Waals surface area contributed by atoms with Gasteiger partial charge in [0.25, 0.3) is 26.0 Å². The molecule has 0 aliphatic rings. The first kappa shape index (κ1) is 25.0. The molecule has 0 unspecified atom stereocenters. The minimum atomic E-state index is -3.78. The highest BCUT2D eigenvalue weighted by Crippen LogP contribution is 2.20. The van der Waals surface area contributed by atoms with Crippen molar-refractivity contribution >= 4 is 43.0 Å². The van der Waals surface area contributed by atoms with E-state index in [1.807, 2.05) is 6.92 Å². The lowest BCUT2D eigenvalue weighted by molar-refractivity contribution is 0.102. The highest BCUT2D eigenvalue weighted by molar-refractivity contribution is 7.93. The third kappa shape index (κ3) is 6.09. The van der Waals surface area contributed by atoms with Crippen molar-refractivity contribution in [2.24, 2.45) is 0 Å². The van der Waals surface area contributed by atoms with Gasteiger partial charge in [-0.1, -0.05) is 35.9 Å². The third-order valence-electron chi connectivity index (χ3n) is 5.18. The van der Waals surface area contributed by atoms with Crippen LogP contribution < -0.4 is 14.8 Å². The van der Waals surface area contributed by atoms with E-state index in [1.165, 1.54) is 60.7 Å². The summed E-state index contributed by atoms with van der Waals surface area (Å²) in [4.78, 5) is 12.8. The summed E-state index contributed by atoms with van der Waals surface area (Å²) in [6.07, 6.45) is 0. The zero-order valence-electron chi connectivity index (χ0n) is 19.2. The number of anilines is 3. The number of hydrogen-bond donors (Lipinski definition) is 3. The van der Waals surface area contributed by atoms with Crippen LogP contribution >= 0.6 is 0 Å². The Morgan fingerprint density at radius 3 is 1.53 bits per heavy atom. The Balaban J connectivity index is 1.39. The van der Waals surface area contributed by atoms with Crippen molar-refractivity contribution < 1.29 is 21.6 Å². The van der Waals surface area contributed by atoms with Crippen LogP contribution in [0.5, 0.6) is 0 Å². The van der Waals surface area contributed by atoms with Crippen LogP contribution in [0.4, 0.5) is 17.1 Å². The standard InChI is InChI=1S/C26H23N3O5S2/c1-19-7-11-22(12-8-19)28-36(33,34)25-17-15-21(16-18-25)27-26(30)20-9-13-23(14-10-20)29-35(31,32)24-5-3-2-4-6-24/h2-18,28-29H,1H3,(H,27,30). The van der Waals surface area contributed by atoms with E-state index in [0.29, 0.717) is 22.6 Å². The molecular formula is C26H23N3O5S2. The van der Waals surface area contributed by atoms with E-state index >= 15 is 0 Å². The number of benzene rings is 4. The Labute approximate surface area is 210 Å². The predicted molar refractivity (Wildman–Crippen MR) is 140 cm³/mol. The second-order valence-corrected chi connectivity index (χ2v) is 11.3. The minimum absolute atomic E-state index is 0.0520. The van der Waals surface area contributed by atoms with Crippen molar-refractivity contribution in [2.45, 2.75) is 16.7 Å². The zero-order chi connectivity index (χ0) is 25.8. The average molecular weight is 522 g/mol. The molecule has 0 fully saturated rings. The van der Waals surface area contributed by atoms with Crippen LogP contribution in [0, 0.1) is 6.92 Å². The SMILES string of the molecule is Cc1ccc(NS(=O)(=O)c2ccc(NC(=O)c3ccc(NS(=O)(=O)c4ccccc4)cc3)cc2)cc1.